The summed E-state index contributed by atoms with van der Waals surface area (Å²) < 4.78 is 0. The van der Waals surface area contributed by atoms with Gasteiger partial charge in [-0.2, -0.15) is 12.6 Å². The topological polar surface area (TPSA) is 125 Å². The SMILES string of the molecule is CC[C@H](C)[C@H](CCC(Cc1ccccc1)C(=O)N[C@H](CCO)C(=O)O)NC[C@@H](N)CS. The maximum atomic E-state index is 13.0. The van der Waals surface area contributed by atoms with Gasteiger partial charge in [0.05, 0.1) is 0 Å². The number of aliphatic hydroxyl groups is 1. The standard InChI is InChI=1S/C23H39N3O4S/c1-3-16(2)20(25-14-19(24)15-31)10-9-18(13-17-7-5-4-6-8-17)22(28)26-21(11-12-27)23(29)30/h4-8,16,18-21,25,27,31H,3,9-15,24H2,1-2H3,(H,26,28)(H,29,30)/t16-,18?,19+,20-,21+/m0/s1. The summed E-state index contributed by atoms with van der Waals surface area (Å²) in [7, 11) is 0. The van der Waals surface area contributed by atoms with Gasteiger partial charge in [0.2, 0.25) is 5.91 Å². The van der Waals surface area contributed by atoms with E-state index in [1.54, 1.807) is 0 Å². The number of aliphatic hydroxyl groups excluding tert-OH is 1. The number of carboxylic acids is 1. The molecule has 8 heteroatoms. The largest absolute Gasteiger partial charge is 0.480 e. The second-order valence-electron chi connectivity index (χ2n) is 8.22. The Bertz CT molecular complexity index is 647. The van der Waals surface area contributed by atoms with Crippen LogP contribution in [0.1, 0.15) is 45.1 Å². The van der Waals surface area contributed by atoms with Gasteiger partial charge in [-0.15, -0.1) is 0 Å². The third-order valence-electron chi connectivity index (χ3n) is 5.76. The molecule has 0 spiro atoms. The van der Waals surface area contributed by atoms with Crippen LogP contribution < -0.4 is 16.4 Å². The molecule has 0 bridgehead atoms. The van der Waals surface area contributed by atoms with Gasteiger partial charge in [0.1, 0.15) is 6.04 Å². The number of aliphatic carboxylic acids is 1. The first kappa shape index (κ1) is 27.4. The van der Waals surface area contributed by atoms with Crippen LogP contribution in [0.2, 0.25) is 0 Å². The average molecular weight is 454 g/mol. The molecule has 6 N–H and O–H groups in total. The predicted octanol–water partition coefficient (Wildman–Crippen LogP) is 1.84. The van der Waals surface area contributed by atoms with Gasteiger partial charge < -0.3 is 26.6 Å². The van der Waals surface area contributed by atoms with Gasteiger partial charge in [0, 0.05) is 43.3 Å². The Morgan fingerprint density at radius 2 is 1.84 bits per heavy atom. The smallest absolute Gasteiger partial charge is 0.326 e. The van der Waals surface area contributed by atoms with E-state index in [0.717, 1.165) is 18.4 Å². The van der Waals surface area contributed by atoms with E-state index >= 15 is 0 Å². The maximum Gasteiger partial charge on any atom is 0.326 e. The number of thiol groups is 1. The lowest BCUT2D eigenvalue weighted by Gasteiger charge is -2.28. The molecule has 31 heavy (non-hydrogen) atoms. The molecule has 0 saturated carbocycles. The van der Waals surface area contributed by atoms with Gasteiger partial charge in [-0.25, -0.2) is 4.79 Å². The highest BCUT2D eigenvalue weighted by atomic mass is 32.1. The highest BCUT2D eigenvalue weighted by molar-refractivity contribution is 7.80. The fourth-order valence-corrected chi connectivity index (χ4v) is 3.65. The van der Waals surface area contributed by atoms with Crippen molar-refractivity contribution in [3.63, 3.8) is 0 Å². The minimum atomic E-state index is -1.14. The summed E-state index contributed by atoms with van der Waals surface area (Å²) in [5.41, 5.74) is 7.03. The van der Waals surface area contributed by atoms with Gasteiger partial charge in [0.25, 0.3) is 0 Å². The number of rotatable bonds is 16. The normalized spacial score (nSPS) is 16.2. The molecule has 5 atom stereocenters. The van der Waals surface area contributed by atoms with Crippen molar-refractivity contribution in [2.45, 2.75) is 64.1 Å². The molecule has 0 heterocycles. The molecule has 176 valence electrons. The van der Waals surface area contributed by atoms with Crippen molar-refractivity contribution >= 4 is 24.5 Å². The fourth-order valence-electron chi connectivity index (χ4n) is 3.52. The molecule has 1 rings (SSSR count). The Morgan fingerprint density at radius 3 is 2.39 bits per heavy atom. The molecule has 1 aromatic rings. The number of nitrogens with one attached hydrogen (secondary N) is 2. The zero-order valence-electron chi connectivity index (χ0n) is 18.7. The van der Waals surface area contributed by atoms with Crippen LogP contribution in [0, 0.1) is 11.8 Å². The van der Waals surface area contributed by atoms with Crippen LogP contribution in [0.5, 0.6) is 0 Å². The van der Waals surface area contributed by atoms with Gasteiger partial charge >= 0.3 is 5.97 Å². The Labute approximate surface area is 191 Å². The monoisotopic (exact) mass is 453 g/mol. The van der Waals surface area contributed by atoms with E-state index < -0.39 is 12.0 Å². The van der Waals surface area contributed by atoms with Crippen molar-refractivity contribution in [1.29, 1.82) is 0 Å². The first-order chi connectivity index (χ1) is 14.8. The van der Waals surface area contributed by atoms with Crippen molar-refractivity contribution in [2.24, 2.45) is 17.6 Å². The first-order valence-electron chi connectivity index (χ1n) is 11.1. The number of carbonyl (C=O) groups excluding carboxylic acids is 1. The zero-order chi connectivity index (χ0) is 23.2. The molecule has 7 nitrogen and oxygen atoms in total. The lowest BCUT2D eigenvalue weighted by molar-refractivity contribution is -0.143. The molecule has 0 saturated heterocycles. The molecule has 0 aliphatic rings. The highest BCUT2D eigenvalue weighted by Gasteiger charge is 2.27. The molecule has 0 aliphatic carbocycles. The van der Waals surface area contributed by atoms with E-state index in [-0.39, 0.29) is 36.9 Å². The Hall–Kier alpha value is -1.61. The van der Waals surface area contributed by atoms with Gasteiger partial charge in [0.15, 0.2) is 0 Å². The Balaban J connectivity index is 2.90. The van der Waals surface area contributed by atoms with Crippen LogP contribution in [0.25, 0.3) is 0 Å². The third-order valence-corrected chi connectivity index (χ3v) is 6.23. The molecular formula is C23H39N3O4S. The molecular weight excluding hydrogens is 414 g/mol. The summed E-state index contributed by atoms with van der Waals surface area (Å²) in [5.74, 6) is -0.787. The number of amides is 1. The summed E-state index contributed by atoms with van der Waals surface area (Å²) in [4.78, 5) is 24.4. The lowest BCUT2D eigenvalue weighted by Crippen LogP contribution is -2.46. The first-order valence-corrected chi connectivity index (χ1v) is 11.7. The molecule has 0 aromatic heterocycles. The molecule has 1 aromatic carbocycles. The van der Waals surface area contributed by atoms with E-state index in [1.165, 1.54) is 0 Å². The van der Waals surface area contributed by atoms with E-state index in [4.69, 9.17) is 10.8 Å². The zero-order valence-corrected chi connectivity index (χ0v) is 19.6. The van der Waals surface area contributed by atoms with Crippen molar-refractivity contribution in [1.82, 2.24) is 10.6 Å². The van der Waals surface area contributed by atoms with Crippen LogP contribution in [0.3, 0.4) is 0 Å². The highest BCUT2D eigenvalue weighted by Crippen LogP contribution is 2.20. The van der Waals surface area contributed by atoms with E-state index in [1.807, 2.05) is 30.3 Å². The minimum Gasteiger partial charge on any atom is -0.480 e. The van der Waals surface area contributed by atoms with E-state index in [0.29, 0.717) is 31.1 Å². The second kappa shape index (κ2) is 15.2. The molecule has 0 radical (unpaired) electrons. The number of hydrogen-bond acceptors (Lipinski definition) is 6. The second-order valence-corrected chi connectivity index (χ2v) is 8.58. The van der Waals surface area contributed by atoms with Crippen LogP contribution in [-0.4, -0.2) is 59.1 Å². The van der Waals surface area contributed by atoms with Gasteiger partial charge in [-0.05, 0) is 30.7 Å². The van der Waals surface area contributed by atoms with Gasteiger partial charge in [-0.3, -0.25) is 4.79 Å². The number of carbonyl (C=O) groups is 2. The quantitative estimate of drug-likeness (QED) is 0.212. The lowest BCUT2D eigenvalue weighted by atomic mass is 9.87. The third kappa shape index (κ3) is 10.5. The van der Waals surface area contributed by atoms with Crippen molar-refractivity contribution < 1.29 is 19.8 Å². The molecule has 0 aliphatic heterocycles. The van der Waals surface area contributed by atoms with Gasteiger partial charge in [-0.1, -0.05) is 50.6 Å². The van der Waals surface area contributed by atoms with Crippen LogP contribution >= 0.6 is 12.6 Å². The Kier molecular flexibility index (Phi) is 13.5. The predicted molar refractivity (Wildman–Crippen MR) is 127 cm³/mol. The summed E-state index contributed by atoms with van der Waals surface area (Å²) in [6.07, 6.45) is 2.90. The summed E-state index contributed by atoms with van der Waals surface area (Å²) in [6.45, 7) is 4.67. The summed E-state index contributed by atoms with van der Waals surface area (Å²) in [5, 5.41) is 24.6. The van der Waals surface area contributed by atoms with E-state index in [2.05, 4.69) is 37.1 Å². The van der Waals surface area contributed by atoms with Crippen LogP contribution in [0.15, 0.2) is 30.3 Å². The van der Waals surface area contributed by atoms with Crippen LogP contribution in [0.4, 0.5) is 0 Å². The Morgan fingerprint density at radius 1 is 1.16 bits per heavy atom. The van der Waals surface area contributed by atoms with Crippen LogP contribution in [-0.2, 0) is 16.0 Å². The summed E-state index contributed by atoms with van der Waals surface area (Å²) in [6, 6.07) is 8.80. The number of nitrogens with two attached hydrogens (primary N) is 1. The van der Waals surface area contributed by atoms with E-state index in [9.17, 15) is 14.7 Å². The molecule has 1 unspecified atom stereocenters. The molecule has 0 fully saturated rings. The number of hydrogen-bond donors (Lipinski definition) is 6. The van der Waals surface area contributed by atoms with Crippen molar-refractivity contribution in [2.75, 3.05) is 18.9 Å². The van der Waals surface area contributed by atoms with Crippen molar-refractivity contribution in [3.05, 3.63) is 35.9 Å². The minimum absolute atomic E-state index is 0.0161. The fraction of sp³-hybridized carbons (Fsp3) is 0.652. The van der Waals surface area contributed by atoms with Crippen molar-refractivity contribution in [3.8, 4) is 0 Å². The number of carboxylic acid groups (broad SMARTS) is 1. The summed E-state index contributed by atoms with van der Waals surface area (Å²) >= 11 is 4.24. The average Bonchev–Trinajstić information content (AvgIpc) is 2.77. The maximum absolute atomic E-state index is 13.0. The molecule has 1 amide bonds. The number of benzene rings is 1.